The van der Waals surface area contributed by atoms with Crippen molar-refractivity contribution in [3.8, 4) is 0 Å². The van der Waals surface area contributed by atoms with Crippen molar-refractivity contribution in [1.29, 1.82) is 0 Å². The van der Waals surface area contributed by atoms with Crippen LogP contribution in [0.1, 0.15) is 58.3 Å². The minimum atomic E-state index is -0.697. The number of rotatable bonds is 6. The van der Waals surface area contributed by atoms with Crippen molar-refractivity contribution >= 4 is 29.9 Å². The summed E-state index contributed by atoms with van der Waals surface area (Å²) in [5.41, 5.74) is 0. The molecule has 3 N–H and O–H groups in total. The molecular weight excluding hydrogens is 417 g/mol. The van der Waals surface area contributed by atoms with Crippen LogP contribution in [0.3, 0.4) is 0 Å². The number of hydrogen-bond donors (Lipinski definition) is 3. The summed E-state index contributed by atoms with van der Waals surface area (Å²) in [6.07, 6.45) is 5.81. The van der Waals surface area contributed by atoms with Crippen molar-refractivity contribution in [2.24, 2.45) is 16.8 Å². The van der Waals surface area contributed by atoms with E-state index in [0.29, 0.717) is 18.3 Å². The Hall–Kier alpha value is -0.760. The maximum atomic E-state index is 10.1. The van der Waals surface area contributed by atoms with Crippen LogP contribution in [-0.4, -0.2) is 30.2 Å². The zero-order valence-corrected chi connectivity index (χ0v) is 17.3. The van der Waals surface area contributed by atoms with Crippen molar-refractivity contribution in [3.05, 3.63) is 24.2 Å². The summed E-state index contributed by atoms with van der Waals surface area (Å²) in [4.78, 5) is 4.50. The van der Waals surface area contributed by atoms with Crippen LogP contribution < -0.4 is 10.6 Å². The fourth-order valence-corrected chi connectivity index (χ4v) is 3.19. The van der Waals surface area contributed by atoms with E-state index in [1.165, 1.54) is 25.7 Å². The van der Waals surface area contributed by atoms with Gasteiger partial charge < -0.3 is 20.2 Å². The molecule has 1 heterocycles. The van der Waals surface area contributed by atoms with E-state index in [1.807, 2.05) is 0 Å². The van der Waals surface area contributed by atoms with Gasteiger partial charge in [0.2, 0.25) is 0 Å². The van der Waals surface area contributed by atoms with Gasteiger partial charge in [-0.2, -0.15) is 0 Å². The Kier molecular flexibility index (Phi) is 9.73. The highest BCUT2D eigenvalue weighted by molar-refractivity contribution is 14.0. The second-order valence-electron chi connectivity index (χ2n) is 6.75. The Morgan fingerprint density at radius 1 is 1.33 bits per heavy atom. The van der Waals surface area contributed by atoms with E-state index in [0.717, 1.165) is 24.3 Å². The second-order valence-corrected chi connectivity index (χ2v) is 6.75. The van der Waals surface area contributed by atoms with Crippen LogP contribution in [-0.2, 0) is 0 Å². The summed E-state index contributed by atoms with van der Waals surface area (Å²) in [5, 5.41) is 16.8. The molecule has 138 valence electrons. The van der Waals surface area contributed by atoms with Gasteiger partial charge in [0.15, 0.2) is 5.96 Å². The summed E-state index contributed by atoms with van der Waals surface area (Å²) in [7, 11) is 0. The third-order valence-electron chi connectivity index (χ3n) is 4.69. The minimum Gasteiger partial charge on any atom is -0.467 e. The van der Waals surface area contributed by atoms with E-state index in [1.54, 1.807) is 18.4 Å². The predicted octanol–water partition coefficient (Wildman–Crippen LogP) is 3.70. The van der Waals surface area contributed by atoms with Crippen LogP contribution in [0.2, 0.25) is 0 Å². The summed E-state index contributed by atoms with van der Waals surface area (Å²) >= 11 is 0. The standard InChI is InChI=1S/C18H31N3O2.HI/c1-4-19-18(20-12-16(22)17-6-5-11-23-17)21-15-9-7-14(8-10-15)13(2)3;/h5-6,11,13-16,22H,4,7-10,12H2,1-3H3,(H2,19,20,21);1H. The van der Waals surface area contributed by atoms with Crippen LogP contribution in [0.4, 0.5) is 0 Å². The molecule has 0 saturated heterocycles. The molecule has 5 nitrogen and oxygen atoms in total. The molecule has 1 atom stereocenters. The van der Waals surface area contributed by atoms with Crippen LogP contribution >= 0.6 is 24.0 Å². The lowest BCUT2D eigenvalue weighted by atomic mass is 9.80. The van der Waals surface area contributed by atoms with E-state index in [9.17, 15) is 5.11 Å². The first-order chi connectivity index (χ1) is 11.1. The van der Waals surface area contributed by atoms with E-state index in [2.05, 4.69) is 36.4 Å². The topological polar surface area (TPSA) is 69.8 Å². The molecule has 1 aliphatic carbocycles. The molecule has 6 heteroatoms. The average molecular weight is 449 g/mol. The van der Waals surface area contributed by atoms with Gasteiger partial charge in [-0.3, -0.25) is 4.99 Å². The molecule has 1 aromatic rings. The quantitative estimate of drug-likeness (QED) is 0.352. The number of hydrogen-bond acceptors (Lipinski definition) is 3. The molecule has 1 saturated carbocycles. The van der Waals surface area contributed by atoms with E-state index >= 15 is 0 Å². The zero-order chi connectivity index (χ0) is 16.7. The Labute approximate surface area is 162 Å². The van der Waals surface area contributed by atoms with Crippen LogP contribution in [0.25, 0.3) is 0 Å². The molecule has 2 rings (SSSR count). The average Bonchev–Trinajstić information content (AvgIpc) is 3.07. The largest absolute Gasteiger partial charge is 0.467 e. The molecule has 24 heavy (non-hydrogen) atoms. The molecule has 0 aliphatic heterocycles. The summed E-state index contributed by atoms with van der Waals surface area (Å²) in [6.45, 7) is 7.80. The molecule has 0 radical (unpaired) electrons. The van der Waals surface area contributed by atoms with Crippen LogP contribution in [0.5, 0.6) is 0 Å². The summed E-state index contributed by atoms with van der Waals surface area (Å²) in [5.74, 6) is 2.97. The maximum Gasteiger partial charge on any atom is 0.191 e. The Morgan fingerprint density at radius 3 is 2.58 bits per heavy atom. The maximum absolute atomic E-state index is 10.1. The van der Waals surface area contributed by atoms with Gasteiger partial charge in [0.05, 0.1) is 12.8 Å². The second kappa shape index (κ2) is 11.0. The smallest absolute Gasteiger partial charge is 0.191 e. The number of aliphatic imine (C=N–C) groups is 1. The van der Waals surface area contributed by atoms with Gasteiger partial charge in [-0.1, -0.05) is 13.8 Å². The first-order valence-corrected chi connectivity index (χ1v) is 8.86. The monoisotopic (exact) mass is 449 g/mol. The lowest BCUT2D eigenvalue weighted by molar-refractivity contribution is 0.158. The number of aliphatic hydroxyl groups is 1. The minimum absolute atomic E-state index is 0. The molecule has 1 unspecified atom stereocenters. The lowest BCUT2D eigenvalue weighted by Gasteiger charge is -2.32. The van der Waals surface area contributed by atoms with Gasteiger partial charge in [0, 0.05) is 12.6 Å². The van der Waals surface area contributed by atoms with Gasteiger partial charge in [0.1, 0.15) is 11.9 Å². The Bertz CT molecular complexity index is 469. The SMILES string of the molecule is CCNC(=NCC(O)c1ccco1)NC1CCC(C(C)C)CC1.I. The molecule has 0 spiro atoms. The molecule has 1 fully saturated rings. The van der Waals surface area contributed by atoms with Gasteiger partial charge in [0.25, 0.3) is 0 Å². The summed E-state index contributed by atoms with van der Waals surface area (Å²) in [6, 6.07) is 4.02. The number of guanidine groups is 1. The molecular formula is C18H32IN3O2. The van der Waals surface area contributed by atoms with Gasteiger partial charge in [-0.15, -0.1) is 24.0 Å². The number of halogens is 1. The fraction of sp³-hybridized carbons (Fsp3) is 0.722. The van der Waals surface area contributed by atoms with E-state index in [-0.39, 0.29) is 24.0 Å². The van der Waals surface area contributed by atoms with Crippen molar-refractivity contribution in [3.63, 3.8) is 0 Å². The number of furan rings is 1. The van der Waals surface area contributed by atoms with Crippen molar-refractivity contribution < 1.29 is 9.52 Å². The zero-order valence-electron chi connectivity index (χ0n) is 15.0. The van der Waals surface area contributed by atoms with E-state index < -0.39 is 6.10 Å². The highest BCUT2D eigenvalue weighted by Gasteiger charge is 2.23. The fourth-order valence-electron chi connectivity index (χ4n) is 3.19. The number of nitrogens with one attached hydrogen (secondary N) is 2. The first-order valence-electron chi connectivity index (χ1n) is 8.86. The van der Waals surface area contributed by atoms with Crippen LogP contribution in [0, 0.1) is 11.8 Å². The van der Waals surface area contributed by atoms with E-state index in [4.69, 9.17) is 4.42 Å². The molecule has 0 bridgehead atoms. The summed E-state index contributed by atoms with van der Waals surface area (Å²) < 4.78 is 5.21. The van der Waals surface area contributed by atoms with Crippen LogP contribution in [0.15, 0.2) is 27.8 Å². The van der Waals surface area contributed by atoms with Gasteiger partial charge in [-0.05, 0) is 56.6 Å². The Balaban J connectivity index is 0.00000288. The highest BCUT2D eigenvalue weighted by atomic mass is 127. The number of nitrogens with zero attached hydrogens (tertiary/aromatic N) is 1. The molecule has 1 aromatic heterocycles. The first kappa shape index (κ1) is 21.3. The normalized spacial score (nSPS) is 22.8. The third-order valence-corrected chi connectivity index (χ3v) is 4.69. The van der Waals surface area contributed by atoms with Crippen molar-refractivity contribution in [2.45, 2.75) is 58.6 Å². The molecule has 0 amide bonds. The number of aliphatic hydroxyl groups excluding tert-OH is 1. The van der Waals surface area contributed by atoms with Crippen molar-refractivity contribution in [1.82, 2.24) is 10.6 Å². The third kappa shape index (κ3) is 6.63. The lowest BCUT2D eigenvalue weighted by Crippen LogP contribution is -2.45. The molecule has 1 aliphatic rings. The predicted molar refractivity (Wildman–Crippen MR) is 109 cm³/mol. The van der Waals surface area contributed by atoms with Gasteiger partial charge >= 0.3 is 0 Å². The Morgan fingerprint density at radius 2 is 2.04 bits per heavy atom. The van der Waals surface area contributed by atoms with Crippen molar-refractivity contribution in [2.75, 3.05) is 13.1 Å². The highest BCUT2D eigenvalue weighted by Crippen LogP contribution is 2.29. The van der Waals surface area contributed by atoms with Gasteiger partial charge in [-0.25, -0.2) is 0 Å². The molecule has 0 aromatic carbocycles.